The van der Waals surface area contributed by atoms with Crippen LogP contribution in [0, 0.1) is 11.3 Å². The average molecular weight is 269 g/mol. The third-order valence-corrected chi connectivity index (χ3v) is 2.42. The van der Waals surface area contributed by atoms with Crippen molar-refractivity contribution >= 4 is 5.69 Å². The van der Waals surface area contributed by atoms with Gasteiger partial charge in [0, 0.05) is 6.07 Å². The molecule has 1 heterocycles. The van der Waals surface area contributed by atoms with Crippen molar-refractivity contribution in [3.8, 4) is 23.6 Å². The van der Waals surface area contributed by atoms with Gasteiger partial charge in [-0.15, -0.1) is 0 Å². The van der Waals surface area contributed by atoms with Crippen LogP contribution in [0.4, 0.5) is 5.69 Å². The van der Waals surface area contributed by atoms with E-state index in [1.165, 1.54) is 0 Å². The summed E-state index contributed by atoms with van der Waals surface area (Å²) >= 11 is 0. The van der Waals surface area contributed by atoms with Crippen LogP contribution in [0.25, 0.3) is 0 Å². The molecule has 2 rings (SSSR count). The van der Waals surface area contributed by atoms with Gasteiger partial charge in [-0.2, -0.15) is 10.2 Å². The van der Waals surface area contributed by atoms with E-state index < -0.39 is 0 Å². The van der Waals surface area contributed by atoms with Gasteiger partial charge in [0.1, 0.15) is 5.75 Å². The van der Waals surface area contributed by atoms with Crippen LogP contribution in [0.2, 0.25) is 0 Å². The van der Waals surface area contributed by atoms with Crippen LogP contribution in [0.1, 0.15) is 19.4 Å². The van der Waals surface area contributed by atoms with Crippen molar-refractivity contribution in [2.24, 2.45) is 0 Å². The number of aromatic nitrogens is 1. The van der Waals surface area contributed by atoms with Crippen molar-refractivity contribution in [3.63, 3.8) is 0 Å². The Bertz CT molecular complexity index is 631. The lowest BCUT2D eigenvalue weighted by molar-refractivity contribution is 0.232. The van der Waals surface area contributed by atoms with Gasteiger partial charge in [0.25, 0.3) is 0 Å². The molecular formula is C15H15N3O2. The first kappa shape index (κ1) is 13.7. The molecule has 0 amide bonds. The van der Waals surface area contributed by atoms with Gasteiger partial charge in [-0.3, -0.25) is 0 Å². The van der Waals surface area contributed by atoms with Gasteiger partial charge in [-0.25, -0.2) is 0 Å². The van der Waals surface area contributed by atoms with Crippen LogP contribution in [-0.2, 0) is 0 Å². The molecule has 1 aromatic carbocycles. The second-order valence-electron chi connectivity index (χ2n) is 4.45. The molecule has 0 unspecified atom stereocenters. The van der Waals surface area contributed by atoms with Crippen LogP contribution in [0.15, 0.2) is 36.4 Å². The number of rotatable bonds is 4. The van der Waals surface area contributed by atoms with Crippen molar-refractivity contribution in [3.05, 3.63) is 42.0 Å². The first-order valence-corrected chi connectivity index (χ1v) is 6.19. The Morgan fingerprint density at radius 1 is 1.15 bits per heavy atom. The van der Waals surface area contributed by atoms with E-state index in [0.29, 0.717) is 28.8 Å². The molecule has 0 radical (unpaired) electrons. The number of ether oxygens (including phenoxy) is 2. The Hall–Kier alpha value is -2.74. The van der Waals surface area contributed by atoms with E-state index in [1.807, 2.05) is 19.9 Å². The summed E-state index contributed by atoms with van der Waals surface area (Å²) in [5, 5.41) is 8.74. The second-order valence-corrected chi connectivity index (χ2v) is 4.45. The summed E-state index contributed by atoms with van der Waals surface area (Å²) in [7, 11) is 0. The van der Waals surface area contributed by atoms with E-state index in [0.717, 1.165) is 0 Å². The van der Waals surface area contributed by atoms with Gasteiger partial charge in [0.05, 0.1) is 23.4 Å². The minimum Gasteiger partial charge on any atom is -0.473 e. The average Bonchev–Trinajstić information content (AvgIpc) is 2.43. The third-order valence-electron chi connectivity index (χ3n) is 2.42. The normalized spacial score (nSPS) is 10.1. The highest BCUT2D eigenvalue weighted by molar-refractivity contribution is 5.50. The zero-order valence-electron chi connectivity index (χ0n) is 11.3. The van der Waals surface area contributed by atoms with Gasteiger partial charge in [0.15, 0.2) is 0 Å². The Morgan fingerprint density at radius 3 is 2.45 bits per heavy atom. The number of nitrogens with two attached hydrogens (primary N) is 1. The number of nitriles is 1. The fourth-order valence-electron chi connectivity index (χ4n) is 1.53. The molecule has 2 aromatic rings. The van der Waals surface area contributed by atoms with Gasteiger partial charge < -0.3 is 15.2 Å². The summed E-state index contributed by atoms with van der Waals surface area (Å²) in [6.45, 7) is 3.80. The van der Waals surface area contributed by atoms with Gasteiger partial charge in [-0.1, -0.05) is 0 Å². The van der Waals surface area contributed by atoms with Gasteiger partial charge in [-0.05, 0) is 44.2 Å². The highest BCUT2D eigenvalue weighted by Crippen LogP contribution is 2.26. The lowest BCUT2D eigenvalue weighted by Gasteiger charge is -2.12. The zero-order valence-corrected chi connectivity index (χ0v) is 11.3. The van der Waals surface area contributed by atoms with E-state index in [4.69, 9.17) is 20.5 Å². The molecule has 0 fully saturated rings. The Morgan fingerprint density at radius 2 is 1.85 bits per heavy atom. The Labute approximate surface area is 117 Å². The monoisotopic (exact) mass is 269 g/mol. The summed E-state index contributed by atoms with van der Waals surface area (Å²) in [6.07, 6.45) is -0.0186. The highest BCUT2D eigenvalue weighted by atomic mass is 16.5. The summed E-state index contributed by atoms with van der Waals surface area (Å²) in [5.41, 5.74) is 6.83. The summed E-state index contributed by atoms with van der Waals surface area (Å²) < 4.78 is 11.1. The first-order valence-electron chi connectivity index (χ1n) is 6.19. The Balaban J connectivity index is 2.18. The van der Waals surface area contributed by atoms with Crippen LogP contribution < -0.4 is 15.2 Å². The number of nitrogens with zero attached hydrogens (tertiary/aromatic N) is 2. The molecule has 0 bridgehead atoms. The number of benzene rings is 1. The predicted molar refractivity (Wildman–Crippen MR) is 75.6 cm³/mol. The van der Waals surface area contributed by atoms with E-state index in [-0.39, 0.29) is 6.10 Å². The number of nitrogen functional groups attached to an aromatic ring is 1. The van der Waals surface area contributed by atoms with Crippen LogP contribution in [-0.4, -0.2) is 11.1 Å². The van der Waals surface area contributed by atoms with E-state index in [1.54, 1.807) is 36.4 Å². The number of hydrogen-bond donors (Lipinski definition) is 1. The first-order chi connectivity index (χ1) is 9.58. The molecule has 5 nitrogen and oxygen atoms in total. The maximum atomic E-state index is 8.74. The summed E-state index contributed by atoms with van der Waals surface area (Å²) in [6, 6.07) is 12.2. The molecule has 0 aliphatic heterocycles. The molecule has 5 heteroatoms. The van der Waals surface area contributed by atoms with Crippen molar-refractivity contribution in [1.29, 1.82) is 5.26 Å². The maximum absolute atomic E-state index is 8.74. The summed E-state index contributed by atoms with van der Waals surface area (Å²) in [5.74, 6) is 1.34. The number of hydrogen-bond acceptors (Lipinski definition) is 5. The molecule has 2 N–H and O–H groups in total. The van der Waals surface area contributed by atoms with Crippen molar-refractivity contribution in [1.82, 2.24) is 4.98 Å². The van der Waals surface area contributed by atoms with Crippen molar-refractivity contribution in [2.75, 3.05) is 5.73 Å². The van der Waals surface area contributed by atoms with E-state index in [9.17, 15) is 0 Å². The lowest BCUT2D eigenvalue weighted by atomic mass is 10.2. The number of pyridine rings is 1. The second kappa shape index (κ2) is 5.93. The van der Waals surface area contributed by atoms with Crippen LogP contribution >= 0.6 is 0 Å². The molecule has 0 atom stereocenters. The molecule has 0 aliphatic rings. The quantitative estimate of drug-likeness (QED) is 0.922. The van der Waals surface area contributed by atoms with E-state index in [2.05, 4.69) is 4.98 Å². The summed E-state index contributed by atoms with van der Waals surface area (Å²) in [4.78, 5) is 4.22. The SMILES string of the molecule is CC(C)Oc1nc(Oc2ccc(C#N)cc2)ccc1N. The standard InChI is InChI=1S/C15H15N3O2/c1-10(2)19-15-13(17)7-8-14(18-15)20-12-5-3-11(9-16)4-6-12/h3-8,10H,17H2,1-2H3. The minimum absolute atomic E-state index is 0.0186. The third kappa shape index (κ3) is 3.39. The topological polar surface area (TPSA) is 81.2 Å². The van der Waals surface area contributed by atoms with Gasteiger partial charge in [0.2, 0.25) is 11.8 Å². The largest absolute Gasteiger partial charge is 0.473 e. The molecule has 1 aromatic heterocycles. The molecular weight excluding hydrogens is 254 g/mol. The molecule has 20 heavy (non-hydrogen) atoms. The lowest BCUT2D eigenvalue weighted by Crippen LogP contribution is -2.09. The van der Waals surface area contributed by atoms with Crippen LogP contribution in [0.5, 0.6) is 17.5 Å². The number of anilines is 1. The smallest absolute Gasteiger partial charge is 0.240 e. The van der Waals surface area contributed by atoms with Crippen LogP contribution in [0.3, 0.4) is 0 Å². The molecule has 0 aliphatic carbocycles. The zero-order chi connectivity index (χ0) is 14.5. The predicted octanol–water partition coefficient (Wildman–Crippen LogP) is 3.11. The highest BCUT2D eigenvalue weighted by Gasteiger charge is 2.08. The van der Waals surface area contributed by atoms with Crippen molar-refractivity contribution in [2.45, 2.75) is 20.0 Å². The fourth-order valence-corrected chi connectivity index (χ4v) is 1.53. The molecule has 0 spiro atoms. The maximum Gasteiger partial charge on any atom is 0.240 e. The molecule has 0 saturated heterocycles. The van der Waals surface area contributed by atoms with E-state index >= 15 is 0 Å². The van der Waals surface area contributed by atoms with Gasteiger partial charge >= 0.3 is 0 Å². The Kier molecular flexibility index (Phi) is 4.06. The van der Waals surface area contributed by atoms with Crippen molar-refractivity contribution < 1.29 is 9.47 Å². The molecule has 102 valence electrons. The fraction of sp³-hybridized carbons (Fsp3) is 0.200. The minimum atomic E-state index is -0.0186. The molecule has 0 saturated carbocycles.